The quantitative estimate of drug-likeness (QED) is 0.121. The Kier molecular flexibility index (Phi) is 13.7. The first-order valence-electron chi connectivity index (χ1n) is 35.8. The second-order valence-corrected chi connectivity index (χ2v) is 21.3. The zero-order valence-corrected chi connectivity index (χ0v) is 49.5. The van der Waals surface area contributed by atoms with Crippen LogP contribution >= 0.6 is 0 Å². The molecule has 0 saturated carbocycles. The molecule has 0 fully saturated rings. The van der Waals surface area contributed by atoms with Crippen molar-refractivity contribution in [1.82, 2.24) is 0 Å². The molecule has 77 heavy (non-hydrogen) atoms. The Morgan fingerprint density at radius 3 is 1.12 bits per heavy atom. The van der Waals surface area contributed by atoms with Crippen molar-refractivity contribution in [2.24, 2.45) is 28.2 Å². The van der Waals surface area contributed by atoms with Crippen molar-refractivity contribution in [1.29, 1.82) is 0 Å². The van der Waals surface area contributed by atoms with Crippen LogP contribution in [0.2, 0.25) is 0 Å². The number of aryl methyl sites for hydroxylation is 13. The first kappa shape index (κ1) is 38.9. The van der Waals surface area contributed by atoms with E-state index in [2.05, 4.69) is 48.7 Å². The van der Waals surface area contributed by atoms with Gasteiger partial charge in [0.2, 0.25) is 22.8 Å². The average molecular weight is 1050 g/mol. The molecule has 0 spiro atoms. The third-order valence-electron chi connectivity index (χ3n) is 14.0. The summed E-state index contributed by atoms with van der Waals surface area (Å²) >= 11 is 0. The Balaban J connectivity index is 0.000000233. The van der Waals surface area contributed by atoms with Crippen molar-refractivity contribution in [3.63, 3.8) is 0 Å². The van der Waals surface area contributed by atoms with Crippen LogP contribution in [0, 0.1) is 55.2 Å². The van der Waals surface area contributed by atoms with Gasteiger partial charge in [-0.05, 0) is 172 Å². The van der Waals surface area contributed by atoms with E-state index in [1.54, 1.807) is 43.7 Å². The van der Waals surface area contributed by atoms with Gasteiger partial charge in [-0.1, -0.05) is 136 Å². The molecule has 8 rings (SSSR count). The summed E-state index contributed by atoms with van der Waals surface area (Å²) in [7, 11) is 7.54. The normalized spacial score (nSPS) is 16.9. The number of hydrogen-bond donors (Lipinski definition) is 0. The zero-order chi connectivity index (χ0) is 73.6. The lowest BCUT2D eigenvalue weighted by molar-refractivity contribution is -0.661. The first-order chi connectivity index (χ1) is 43.3. The number of hydrogen-bond acceptors (Lipinski definition) is 0. The van der Waals surface area contributed by atoms with Gasteiger partial charge in [0.1, 0.15) is 28.2 Å². The maximum atomic E-state index is 8.44. The highest BCUT2D eigenvalue weighted by atomic mass is 14.9. The molecule has 406 valence electrons. The van der Waals surface area contributed by atoms with Crippen LogP contribution in [-0.4, -0.2) is 0 Å². The highest BCUT2D eigenvalue weighted by Gasteiger charge is 2.20. The summed E-state index contributed by atoms with van der Waals surface area (Å²) in [4.78, 5) is 0. The van der Waals surface area contributed by atoms with Crippen LogP contribution in [-0.2, 0) is 34.6 Å². The summed E-state index contributed by atoms with van der Waals surface area (Å²) in [5, 5.41) is 0. The highest BCUT2D eigenvalue weighted by molar-refractivity contribution is 5.65. The molecule has 4 heterocycles. The topological polar surface area (TPSA) is 15.5 Å². The molecule has 1 atom stereocenters. The molecular weight excluding hydrogens is 933 g/mol. The van der Waals surface area contributed by atoms with E-state index in [0.29, 0.717) is 27.9 Å². The first-order valence-corrected chi connectivity index (χ1v) is 26.3. The van der Waals surface area contributed by atoms with Gasteiger partial charge in [-0.15, -0.1) is 0 Å². The largest absolute Gasteiger partial charge is 0.212 e. The van der Waals surface area contributed by atoms with Gasteiger partial charge in [0.05, 0.1) is 0 Å². The van der Waals surface area contributed by atoms with Gasteiger partial charge in [-0.3, -0.25) is 0 Å². The molecule has 0 N–H and O–H groups in total. The summed E-state index contributed by atoms with van der Waals surface area (Å²) in [6.07, 6.45) is 5.85. The Hall–Kier alpha value is -6.52. The Bertz CT molecular complexity index is 3860. The molecular formula is C73H98N4+4. The van der Waals surface area contributed by atoms with Crippen molar-refractivity contribution < 1.29 is 44.3 Å². The van der Waals surface area contributed by atoms with Crippen LogP contribution in [0.5, 0.6) is 0 Å². The van der Waals surface area contributed by atoms with Crippen molar-refractivity contribution in [2.75, 3.05) is 0 Å². The molecule has 1 unspecified atom stereocenters. The van der Waals surface area contributed by atoms with Crippen LogP contribution in [0.4, 0.5) is 0 Å². The molecule has 0 radical (unpaired) electrons. The highest BCUT2D eigenvalue weighted by Crippen LogP contribution is 2.30. The fourth-order valence-corrected chi connectivity index (χ4v) is 9.30. The third kappa shape index (κ3) is 15.8. The van der Waals surface area contributed by atoms with Gasteiger partial charge < -0.3 is 0 Å². The fourth-order valence-electron chi connectivity index (χ4n) is 9.30. The molecule has 0 aliphatic carbocycles. The number of benzene rings is 4. The molecule has 0 amide bonds. The van der Waals surface area contributed by atoms with E-state index in [1.165, 1.54) is 42.4 Å². The van der Waals surface area contributed by atoms with Gasteiger partial charge in [0, 0.05) is 94.8 Å². The predicted molar refractivity (Wildman–Crippen MR) is 330 cm³/mol. The van der Waals surface area contributed by atoms with Gasteiger partial charge in [-0.25, -0.2) is 18.3 Å². The molecule has 4 heteroatoms. The van der Waals surface area contributed by atoms with Crippen LogP contribution in [0.1, 0.15) is 209 Å². The number of rotatable bonds is 10. The fraction of sp³-hybridized carbons (Fsp3) is 0.397. The van der Waals surface area contributed by atoms with Gasteiger partial charge in [0.15, 0.2) is 24.8 Å². The van der Waals surface area contributed by atoms with Crippen LogP contribution < -0.4 is 18.3 Å². The van der Waals surface area contributed by atoms with E-state index >= 15 is 0 Å². The Morgan fingerprint density at radius 2 is 0.753 bits per heavy atom. The minimum absolute atomic E-state index is 0.107. The second kappa shape index (κ2) is 27.2. The SMILES string of the molecule is [2H]C(C)(C)c1ccc(-c2ccc(C([2H])(C)C)c[n+]2C)c(C)c1.[2H]C([2H])(C)c1c[n+](C)c(-c2ccc(C([2H])(C)C)cc2C)cc1C.[2H]C([2H])([2H])c1ccc(-c2cc(C([2H])(C)C([2H])([2H])[2H])c(C([2H])([2H])[2H])c[n+]2C)c(C)c1.[2H]C([2H])([2H])c1ccc(-c2ccc(C([2H])(C)C)c[n+]2C)c(C)c1. The van der Waals surface area contributed by atoms with Crippen molar-refractivity contribution in [3.05, 3.63) is 212 Å². The molecule has 4 aromatic heterocycles. The monoisotopic (exact) mass is 1050 g/mol. The van der Waals surface area contributed by atoms with Gasteiger partial charge in [0.25, 0.3) is 0 Å². The van der Waals surface area contributed by atoms with E-state index < -0.39 is 63.3 Å². The van der Waals surface area contributed by atoms with Crippen LogP contribution in [0.25, 0.3) is 45.0 Å². The summed E-state index contributed by atoms with van der Waals surface area (Å²) in [5.74, 6) is -4.57. The zero-order valence-electron chi connectivity index (χ0n) is 68.5. The summed E-state index contributed by atoms with van der Waals surface area (Å²) in [5.41, 5.74) is 17.3. The molecule has 0 aliphatic rings. The van der Waals surface area contributed by atoms with E-state index in [9.17, 15) is 0 Å². The minimum Gasteiger partial charge on any atom is -0.201 e. The predicted octanol–water partition coefficient (Wildman–Crippen LogP) is 17.4. The average Bonchev–Trinajstić information content (AvgIpc) is 0.752. The Labute approximate surface area is 495 Å². The lowest BCUT2D eigenvalue weighted by Crippen LogP contribution is -2.32. The molecule has 0 bridgehead atoms. The smallest absolute Gasteiger partial charge is 0.201 e. The summed E-state index contributed by atoms with van der Waals surface area (Å²) < 4.78 is 156. The van der Waals surface area contributed by atoms with Crippen molar-refractivity contribution in [3.8, 4) is 45.0 Å². The van der Waals surface area contributed by atoms with E-state index in [4.69, 9.17) is 26.0 Å². The minimum atomic E-state index is -2.75. The summed E-state index contributed by atoms with van der Waals surface area (Å²) in [6, 6.07) is 33.8. The molecule has 8 aromatic rings. The maximum absolute atomic E-state index is 8.44. The Morgan fingerprint density at radius 1 is 0.377 bits per heavy atom. The number of nitrogens with zero attached hydrogens (tertiary/aromatic N) is 4. The van der Waals surface area contributed by atoms with E-state index in [0.717, 1.165) is 67.2 Å². The van der Waals surface area contributed by atoms with Crippen LogP contribution in [0.3, 0.4) is 0 Å². The summed E-state index contributed by atoms with van der Waals surface area (Å²) in [6.45, 7) is 18.0. The van der Waals surface area contributed by atoms with Crippen molar-refractivity contribution in [2.45, 2.75) is 167 Å². The standard InChI is InChI=1S/2C19H26N.C18H24N.C17H22N/c1-13(2)16-7-9-18(15(5)11-16)19-10-8-17(14(3)4)12-20(19)6;1-7-16-12-20(6)19(11-14(16)4)18-9-8-17(13(2)3)10-15(18)5;1-12(2)17-10-18(19(6)11-15(17)5)16-8-7-13(3)9-14(16)4;1-12(2)15-7-9-17(18(5)11-15)16-8-6-13(3)10-14(16)4/h7-14H,1-6H3;8-13H,7H2,1-6H3;7-12H,1-6H3;6-12H,1-5H3/q4*+1/i13D,14D;7D2,13D;1D3,3D3,5D3,12D;3D3,12D. The molecule has 4 nitrogen and oxygen atoms in total. The van der Waals surface area contributed by atoms with Crippen molar-refractivity contribution >= 4 is 0 Å². The number of aromatic nitrogens is 4. The van der Waals surface area contributed by atoms with Crippen LogP contribution in [0.15, 0.2) is 134 Å². The lowest BCUT2D eigenvalue weighted by atomic mass is 9.95. The molecule has 4 aromatic carbocycles. The van der Waals surface area contributed by atoms with E-state index in [1.807, 2.05) is 161 Å². The van der Waals surface area contributed by atoms with Gasteiger partial charge >= 0.3 is 0 Å². The molecule has 0 saturated heterocycles. The maximum Gasteiger partial charge on any atom is 0.212 e. The van der Waals surface area contributed by atoms with Gasteiger partial charge in [-0.2, -0.15) is 0 Å². The van der Waals surface area contributed by atoms with E-state index in [-0.39, 0.29) is 16.7 Å². The molecule has 0 aliphatic heterocycles. The third-order valence-corrected chi connectivity index (χ3v) is 14.0. The lowest BCUT2D eigenvalue weighted by Gasteiger charge is -2.12. The number of pyridine rings is 4. The second-order valence-electron chi connectivity index (χ2n) is 21.3.